The third kappa shape index (κ3) is 4.85. The Morgan fingerprint density at radius 1 is 1.47 bits per heavy atom. The third-order valence-electron chi connectivity index (χ3n) is 2.47. The van der Waals surface area contributed by atoms with E-state index < -0.39 is 0 Å². The highest BCUT2D eigenvalue weighted by atomic mass is 15.1. The van der Waals surface area contributed by atoms with Gasteiger partial charge in [-0.15, -0.1) is 0 Å². The quantitative estimate of drug-likeness (QED) is 0.705. The second-order valence-corrected chi connectivity index (χ2v) is 3.95. The van der Waals surface area contributed by atoms with Crippen LogP contribution in [0.25, 0.3) is 0 Å². The van der Waals surface area contributed by atoms with Crippen molar-refractivity contribution >= 4 is 0 Å². The van der Waals surface area contributed by atoms with Crippen molar-refractivity contribution in [3.8, 4) is 0 Å². The first kappa shape index (κ1) is 12.1. The Hall–Kier alpha value is -1.00. The fourth-order valence-electron chi connectivity index (χ4n) is 1.15. The normalized spacial score (nSPS) is 11.3. The molecule has 0 unspecified atom stereocenters. The van der Waals surface area contributed by atoms with Crippen molar-refractivity contribution < 1.29 is 0 Å². The van der Waals surface area contributed by atoms with Crippen molar-refractivity contribution in [1.82, 2.24) is 20.2 Å². The van der Waals surface area contributed by atoms with Gasteiger partial charge in [0.1, 0.15) is 6.33 Å². The Balaban J connectivity index is 2.12. The second-order valence-electron chi connectivity index (χ2n) is 3.95. The van der Waals surface area contributed by atoms with Crippen LogP contribution in [-0.2, 0) is 6.54 Å². The van der Waals surface area contributed by atoms with E-state index in [1.165, 1.54) is 0 Å². The van der Waals surface area contributed by atoms with E-state index in [4.69, 9.17) is 0 Å². The van der Waals surface area contributed by atoms with Crippen LogP contribution in [0.2, 0.25) is 0 Å². The molecule has 4 nitrogen and oxygen atoms in total. The highest BCUT2D eigenvalue weighted by molar-refractivity contribution is 4.96. The summed E-state index contributed by atoms with van der Waals surface area (Å²) < 4.78 is 0. The molecule has 15 heavy (non-hydrogen) atoms. The van der Waals surface area contributed by atoms with Crippen LogP contribution in [0.15, 0.2) is 18.6 Å². The van der Waals surface area contributed by atoms with Gasteiger partial charge in [-0.25, -0.2) is 9.97 Å². The lowest BCUT2D eigenvalue weighted by molar-refractivity contribution is 0.273. The lowest BCUT2D eigenvalue weighted by Gasteiger charge is -2.20. The van der Waals surface area contributed by atoms with Crippen molar-refractivity contribution in [2.75, 3.05) is 20.1 Å². The number of rotatable bonds is 6. The summed E-state index contributed by atoms with van der Waals surface area (Å²) in [6.07, 6.45) is 3.35. The van der Waals surface area contributed by atoms with E-state index in [2.05, 4.69) is 41.1 Å². The summed E-state index contributed by atoms with van der Waals surface area (Å²) in [5, 5.41) is 3.36. The average Bonchev–Trinajstić information content (AvgIpc) is 2.25. The molecule has 0 bridgehead atoms. The molecule has 1 rings (SSSR count). The van der Waals surface area contributed by atoms with Crippen LogP contribution in [0.1, 0.15) is 19.5 Å². The summed E-state index contributed by atoms with van der Waals surface area (Å²) in [5.41, 5.74) is 1.04. The van der Waals surface area contributed by atoms with Crippen molar-refractivity contribution in [1.29, 1.82) is 0 Å². The lowest BCUT2D eigenvalue weighted by Crippen LogP contribution is -2.33. The number of hydrogen-bond acceptors (Lipinski definition) is 4. The lowest BCUT2D eigenvalue weighted by atomic mass is 10.3. The molecule has 0 spiro atoms. The number of nitrogens with zero attached hydrogens (tertiary/aromatic N) is 3. The first-order valence-electron chi connectivity index (χ1n) is 5.36. The van der Waals surface area contributed by atoms with E-state index in [9.17, 15) is 0 Å². The molecule has 0 amide bonds. The minimum Gasteiger partial charge on any atom is -0.310 e. The molecule has 0 aliphatic heterocycles. The fourth-order valence-corrected chi connectivity index (χ4v) is 1.15. The summed E-state index contributed by atoms with van der Waals surface area (Å²) in [7, 11) is 2.14. The predicted octanol–water partition coefficient (Wildman–Crippen LogP) is 0.906. The molecule has 84 valence electrons. The summed E-state index contributed by atoms with van der Waals surface area (Å²) in [4.78, 5) is 10.3. The van der Waals surface area contributed by atoms with Crippen LogP contribution in [0, 0.1) is 0 Å². The predicted molar refractivity (Wildman–Crippen MR) is 61.5 cm³/mol. The molecule has 1 heterocycles. The Morgan fingerprint density at radius 2 is 2.27 bits per heavy atom. The molecule has 0 radical (unpaired) electrons. The minimum atomic E-state index is 0.603. The number of likely N-dealkylation sites (N-methyl/N-ethyl adjacent to an activating group) is 1. The van der Waals surface area contributed by atoms with E-state index in [1.807, 2.05) is 6.07 Å². The zero-order valence-corrected chi connectivity index (χ0v) is 9.77. The standard InChI is InChI=1S/C11H20N4/c1-10(2)15(3)7-6-12-8-11-4-5-13-9-14-11/h4-5,9-10,12H,6-8H2,1-3H3. The van der Waals surface area contributed by atoms with Gasteiger partial charge in [0.05, 0.1) is 5.69 Å². The first-order valence-corrected chi connectivity index (χ1v) is 5.36. The molecular formula is C11H20N4. The average molecular weight is 208 g/mol. The van der Waals surface area contributed by atoms with Crippen LogP contribution in [0.5, 0.6) is 0 Å². The maximum Gasteiger partial charge on any atom is 0.115 e. The van der Waals surface area contributed by atoms with Crippen LogP contribution >= 0.6 is 0 Å². The topological polar surface area (TPSA) is 41.0 Å². The zero-order chi connectivity index (χ0) is 11.1. The molecule has 1 aromatic rings. The molecule has 4 heteroatoms. The van der Waals surface area contributed by atoms with Crippen molar-refractivity contribution in [2.45, 2.75) is 26.4 Å². The van der Waals surface area contributed by atoms with E-state index in [0.29, 0.717) is 6.04 Å². The smallest absolute Gasteiger partial charge is 0.115 e. The second kappa shape index (κ2) is 6.48. The van der Waals surface area contributed by atoms with Crippen LogP contribution in [0.4, 0.5) is 0 Å². The van der Waals surface area contributed by atoms with Gasteiger partial charge in [-0.05, 0) is 27.0 Å². The SMILES string of the molecule is CC(C)N(C)CCNCc1ccncn1. The molecule has 1 N–H and O–H groups in total. The van der Waals surface area contributed by atoms with E-state index in [-0.39, 0.29) is 0 Å². The molecule has 0 fully saturated rings. The Labute approximate surface area is 91.7 Å². The molecule has 0 atom stereocenters. The monoisotopic (exact) mass is 208 g/mol. The van der Waals surface area contributed by atoms with Gasteiger partial charge in [0.15, 0.2) is 0 Å². The molecule has 0 aliphatic rings. The number of hydrogen-bond donors (Lipinski definition) is 1. The van der Waals surface area contributed by atoms with Crippen LogP contribution < -0.4 is 5.32 Å². The van der Waals surface area contributed by atoms with Crippen molar-refractivity contribution in [3.63, 3.8) is 0 Å². The highest BCUT2D eigenvalue weighted by Gasteiger charge is 2.01. The Morgan fingerprint density at radius 3 is 2.87 bits per heavy atom. The maximum atomic E-state index is 4.14. The zero-order valence-electron chi connectivity index (χ0n) is 9.77. The Kier molecular flexibility index (Phi) is 5.21. The van der Waals surface area contributed by atoms with Crippen molar-refractivity contribution in [3.05, 3.63) is 24.3 Å². The summed E-state index contributed by atoms with van der Waals surface area (Å²) >= 11 is 0. The van der Waals surface area contributed by atoms with Crippen LogP contribution in [0.3, 0.4) is 0 Å². The summed E-state index contributed by atoms with van der Waals surface area (Å²) in [5.74, 6) is 0. The molecule has 0 saturated heterocycles. The van der Waals surface area contributed by atoms with Gasteiger partial charge in [-0.1, -0.05) is 0 Å². The first-order chi connectivity index (χ1) is 7.20. The van der Waals surface area contributed by atoms with Gasteiger partial charge >= 0.3 is 0 Å². The largest absolute Gasteiger partial charge is 0.310 e. The Bertz CT molecular complexity index is 261. The third-order valence-corrected chi connectivity index (χ3v) is 2.47. The molecule has 0 aliphatic carbocycles. The molecule has 0 saturated carbocycles. The van der Waals surface area contributed by atoms with Gasteiger partial charge in [0.2, 0.25) is 0 Å². The number of aromatic nitrogens is 2. The van der Waals surface area contributed by atoms with E-state index in [1.54, 1.807) is 12.5 Å². The minimum absolute atomic E-state index is 0.603. The molecule has 0 aromatic carbocycles. The van der Waals surface area contributed by atoms with Gasteiger partial charge in [0.25, 0.3) is 0 Å². The van der Waals surface area contributed by atoms with Gasteiger partial charge < -0.3 is 10.2 Å². The summed E-state index contributed by atoms with van der Waals surface area (Å²) in [6.45, 7) is 7.25. The maximum absolute atomic E-state index is 4.14. The van der Waals surface area contributed by atoms with Gasteiger partial charge in [-0.2, -0.15) is 0 Å². The molecular weight excluding hydrogens is 188 g/mol. The van der Waals surface area contributed by atoms with Gasteiger partial charge in [-0.3, -0.25) is 0 Å². The van der Waals surface area contributed by atoms with Crippen molar-refractivity contribution in [2.24, 2.45) is 0 Å². The number of nitrogens with one attached hydrogen (secondary N) is 1. The van der Waals surface area contributed by atoms with E-state index >= 15 is 0 Å². The molecule has 1 aromatic heterocycles. The highest BCUT2D eigenvalue weighted by Crippen LogP contribution is 1.92. The van der Waals surface area contributed by atoms with Gasteiger partial charge in [0, 0.05) is 31.9 Å². The fraction of sp³-hybridized carbons (Fsp3) is 0.636. The van der Waals surface area contributed by atoms with Crippen LogP contribution in [-0.4, -0.2) is 41.0 Å². The van der Waals surface area contributed by atoms with E-state index in [0.717, 1.165) is 25.3 Å². The summed E-state index contributed by atoms with van der Waals surface area (Å²) in [6, 6.07) is 2.53.